The summed E-state index contributed by atoms with van der Waals surface area (Å²) in [4.78, 5) is 15.2. The van der Waals surface area contributed by atoms with Crippen molar-refractivity contribution < 1.29 is 18.3 Å². The number of pyridine rings is 1. The van der Waals surface area contributed by atoms with Gasteiger partial charge in [-0.3, -0.25) is 9.78 Å². The second kappa shape index (κ2) is 6.50. The van der Waals surface area contributed by atoms with Crippen LogP contribution in [0.15, 0.2) is 28.6 Å². The zero-order chi connectivity index (χ0) is 15.5. The lowest BCUT2D eigenvalue weighted by molar-refractivity contribution is -0.139. The van der Waals surface area contributed by atoms with Gasteiger partial charge < -0.3 is 5.11 Å². The van der Waals surface area contributed by atoms with Crippen LogP contribution in [0.3, 0.4) is 0 Å². The van der Waals surface area contributed by atoms with Gasteiger partial charge in [0.2, 0.25) is 10.0 Å². The number of hydrogen-bond acceptors (Lipinski definition) is 5. The topological polar surface area (TPSA) is 96.4 Å². The molecule has 0 amide bonds. The van der Waals surface area contributed by atoms with Gasteiger partial charge in [0, 0.05) is 6.20 Å². The van der Waals surface area contributed by atoms with E-state index in [4.69, 9.17) is 5.11 Å². The SMILES string of the molecule is CCCCC(NS(=O)(=O)c1cnc2ccsc2c1)C(=O)O. The van der Waals surface area contributed by atoms with E-state index < -0.39 is 22.0 Å². The Labute approximate surface area is 126 Å². The fourth-order valence-electron chi connectivity index (χ4n) is 1.87. The number of sulfonamides is 1. The Hall–Kier alpha value is -1.51. The summed E-state index contributed by atoms with van der Waals surface area (Å²) in [6.45, 7) is 1.92. The van der Waals surface area contributed by atoms with Gasteiger partial charge in [0.05, 0.1) is 10.2 Å². The quantitative estimate of drug-likeness (QED) is 0.812. The van der Waals surface area contributed by atoms with Gasteiger partial charge in [0.25, 0.3) is 0 Å². The van der Waals surface area contributed by atoms with E-state index in [1.807, 2.05) is 12.3 Å². The lowest BCUT2D eigenvalue weighted by atomic mass is 10.1. The Morgan fingerprint density at radius 3 is 2.95 bits per heavy atom. The minimum Gasteiger partial charge on any atom is -0.480 e. The average molecular weight is 328 g/mol. The Bertz CT molecular complexity index is 739. The van der Waals surface area contributed by atoms with Gasteiger partial charge in [0.1, 0.15) is 10.9 Å². The van der Waals surface area contributed by atoms with Crippen LogP contribution in [0.5, 0.6) is 0 Å². The van der Waals surface area contributed by atoms with Crippen molar-refractivity contribution in [1.82, 2.24) is 9.71 Å². The predicted octanol–water partition coefficient (Wildman–Crippen LogP) is 2.22. The molecule has 0 saturated carbocycles. The fraction of sp³-hybridized carbons (Fsp3) is 0.385. The van der Waals surface area contributed by atoms with Crippen molar-refractivity contribution in [1.29, 1.82) is 0 Å². The van der Waals surface area contributed by atoms with Crippen molar-refractivity contribution >= 4 is 37.5 Å². The molecule has 6 nitrogen and oxygen atoms in total. The third-order valence-corrected chi connectivity index (χ3v) is 5.32. The third-order valence-electron chi connectivity index (χ3n) is 3.03. The largest absolute Gasteiger partial charge is 0.480 e. The molecule has 2 heterocycles. The minimum atomic E-state index is -3.89. The van der Waals surface area contributed by atoms with Crippen LogP contribution in [0, 0.1) is 0 Å². The van der Waals surface area contributed by atoms with E-state index in [0.717, 1.165) is 16.6 Å². The number of hydrogen-bond donors (Lipinski definition) is 2. The number of carboxylic acid groups (broad SMARTS) is 1. The summed E-state index contributed by atoms with van der Waals surface area (Å²) in [6, 6.07) is 2.19. The van der Waals surface area contributed by atoms with Gasteiger partial charge in [-0.05, 0) is 23.9 Å². The highest BCUT2D eigenvalue weighted by Crippen LogP contribution is 2.22. The maximum absolute atomic E-state index is 12.3. The summed E-state index contributed by atoms with van der Waals surface area (Å²) in [6.07, 6.45) is 2.95. The van der Waals surface area contributed by atoms with E-state index in [1.54, 1.807) is 6.07 Å². The molecule has 0 aliphatic rings. The monoisotopic (exact) mass is 328 g/mol. The molecule has 2 N–H and O–H groups in total. The molecule has 1 atom stereocenters. The molecule has 0 aliphatic heterocycles. The minimum absolute atomic E-state index is 0.0137. The summed E-state index contributed by atoms with van der Waals surface area (Å²) in [7, 11) is -3.89. The molecule has 2 rings (SSSR count). The number of rotatable bonds is 7. The van der Waals surface area contributed by atoms with Crippen molar-refractivity contribution in [3.05, 3.63) is 23.7 Å². The van der Waals surface area contributed by atoms with Gasteiger partial charge in [0.15, 0.2) is 0 Å². The lowest BCUT2D eigenvalue weighted by Gasteiger charge is -2.14. The molecule has 0 spiro atoms. The molecule has 0 bridgehead atoms. The molecule has 8 heteroatoms. The van der Waals surface area contributed by atoms with Crippen LogP contribution < -0.4 is 4.72 Å². The Morgan fingerprint density at radius 2 is 2.29 bits per heavy atom. The summed E-state index contributed by atoms with van der Waals surface area (Å²) in [5.74, 6) is -1.17. The van der Waals surface area contributed by atoms with Crippen LogP contribution in [0.25, 0.3) is 10.2 Å². The molecule has 1 unspecified atom stereocenters. The first kappa shape index (κ1) is 15.9. The average Bonchev–Trinajstić information content (AvgIpc) is 2.90. The molecule has 21 heavy (non-hydrogen) atoms. The van der Waals surface area contributed by atoms with Crippen LogP contribution in [-0.4, -0.2) is 30.5 Å². The first-order valence-electron chi connectivity index (χ1n) is 6.52. The number of carbonyl (C=O) groups is 1. The number of nitrogens with one attached hydrogen (secondary N) is 1. The van der Waals surface area contributed by atoms with Crippen LogP contribution in [-0.2, 0) is 14.8 Å². The Kier molecular flexibility index (Phi) is 4.92. The smallest absolute Gasteiger partial charge is 0.321 e. The van der Waals surface area contributed by atoms with Crippen LogP contribution >= 0.6 is 11.3 Å². The number of aromatic nitrogens is 1. The van der Waals surface area contributed by atoms with Crippen LogP contribution in [0.1, 0.15) is 26.2 Å². The standard InChI is InChI=1S/C13H16N2O4S2/c1-2-3-4-11(13(16)17)15-21(18,19)9-7-12-10(14-8-9)5-6-20-12/h5-8,11,15H,2-4H2,1H3,(H,16,17). The van der Waals surface area contributed by atoms with Crippen molar-refractivity contribution in [2.45, 2.75) is 37.1 Å². The summed E-state index contributed by atoms with van der Waals surface area (Å²) < 4.78 is 27.5. The highest BCUT2D eigenvalue weighted by atomic mass is 32.2. The summed E-state index contributed by atoms with van der Waals surface area (Å²) in [5.41, 5.74) is 0.722. The van der Waals surface area contributed by atoms with Gasteiger partial charge in [-0.15, -0.1) is 11.3 Å². The van der Waals surface area contributed by atoms with Crippen LogP contribution in [0.2, 0.25) is 0 Å². The van der Waals surface area contributed by atoms with Gasteiger partial charge in [-0.25, -0.2) is 8.42 Å². The Balaban J connectivity index is 2.25. The number of nitrogens with zero attached hydrogens (tertiary/aromatic N) is 1. The Morgan fingerprint density at radius 1 is 1.52 bits per heavy atom. The molecule has 2 aromatic heterocycles. The molecular weight excluding hydrogens is 312 g/mol. The normalized spacial score (nSPS) is 13.4. The van der Waals surface area contributed by atoms with Crippen molar-refractivity contribution in [3.8, 4) is 0 Å². The number of thiophene rings is 1. The van der Waals surface area contributed by atoms with E-state index in [-0.39, 0.29) is 11.3 Å². The van der Waals surface area contributed by atoms with E-state index >= 15 is 0 Å². The van der Waals surface area contributed by atoms with E-state index in [1.165, 1.54) is 23.6 Å². The maximum Gasteiger partial charge on any atom is 0.321 e. The molecule has 0 radical (unpaired) electrons. The van der Waals surface area contributed by atoms with Gasteiger partial charge >= 0.3 is 5.97 Å². The molecule has 114 valence electrons. The number of unbranched alkanes of at least 4 members (excludes halogenated alkanes) is 1. The number of carboxylic acids is 1. The third kappa shape index (κ3) is 3.78. The predicted molar refractivity (Wildman–Crippen MR) is 80.9 cm³/mol. The summed E-state index contributed by atoms with van der Waals surface area (Å²) in [5, 5.41) is 10.9. The first-order valence-corrected chi connectivity index (χ1v) is 8.88. The lowest BCUT2D eigenvalue weighted by Crippen LogP contribution is -2.40. The van der Waals surface area contributed by atoms with Crippen molar-refractivity contribution in [3.63, 3.8) is 0 Å². The highest BCUT2D eigenvalue weighted by Gasteiger charge is 2.25. The number of fused-ring (bicyclic) bond motifs is 1. The summed E-state index contributed by atoms with van der Waals surface area (Å²) >= 11 is 1.39. The van der Waals surface area contributed by atoms with E-state index in [0.29, 0.717) is 6.42 Å². The molecule has 0 aliphatic carbocycles. The molecule has 0 aromatic carbocycles. The first-order chi connectivity index (χ1) is 9.94. The van der Waals surface area contributed by atoms with Crippen LogP contribution in [0.4, 0.5) is 0 Å². The second-order valence-corrected chi connectivity index (χ2v) is 7.29. The fourth-order valence-corrected chi connectivity index (χ4v) is 3.92. The van der Waals surface area contributed by atoms with Crippen molar-refractivity contribution in [2.24, 2.45) is 0 Å². The molecular formula is C13H16N2O4S2. The number of aliphatic carboxylic acids is 1. The van der Waals surface area contributed by atoms with Gasteiger partial charge in [-0.1, -0.05) is 19.8 Å². The highest BCUT2D eigenvalue weighted by molar-refractivity contribution is 7.89. The van der Waals surface area contributed by atoms with E-state index in [2.05, 4.69) is 9.71 Å². The zero-order valence-corrected chi connectivity index (χ0v) is 13.1. The maximum atomic E-state index is 12.3. The molecule has 2 aromatic rings. The van der Waals surface area contributed by atoms with Crippen molar-refractivity contribution in [2.75, 3.05) is 0 Å². The molecule has 0 fully saturated rings. The zero-order valence-electron chi connectivity index (χ0n) is 11.4. The van der Waals surface area contributed by atoms with E-state index in [9.17, 15) is 13.2 Å². The molecule has 0 saturated heterocycles. The second-order valence-electron chi connectivity index (χ2n) is 4.63. The van der Waals surface area contributed by atoms with Gasteiger partial charge in [-0.2, -0.15) is 4.72 Å².